The van der Waals surface area contributed by atoms with Gasteiger partial charge in [0.25, 0.3) is 15.9 Å². The monoisotopic (exact) mass is 408 g/mol. The molecule has 0 aliphatic carbocycles. The van der Waals surface area contributed by atoms with Crippen molar-refractivity contribution in [2.75, 3.05) is 18.0 Å². The lowest BCUT2D eigenvalue weighted by molar-refractivity contribution is 0.0959. The van der Waals surface area contributed by atoms with Gasteiger partial charge >= 0.3 is 0 Å². The van der Waals surface area contributed by atoms with Crippen molar-refractivity contribution in [3.05, 3.63) is 48.2 Å². The van der Waals surface area contributed by atoms with Crippen LogP contribution in [0.25, 0.3) is 10.9 Å². The van der Waals surface area contributed by atoms with Crippen LogP contribution in [0.5, 0.6) is 0 Å². The van der Waals surface area contributed by atoms with Crippen LogP contribution in [0, 0.1) is 0 Å². The molecule has 1 amide bonds. The molecule has 0 saturated carbocycles. The zero-order valence-electron chi connectivity index (χ0n) is 14.3. The molecule has 0 bridgehead atoms. The Labute approximate surface area is 155 Å². The van der Waals surface area contributed by atoms with E-state index in [1.807, 2.05) is 0 Å². The van der Waals surface area contributed by atoms with E-state index in [9.17, 15) is 21.6 Å². The first-order chi connectivity index (χ1) is 12.6. The molecule has 0 spiro atoms. The summed E-state index contributed by atoms with van der Waals surface area (Å²) >= 11 is 0. The summed E-state index contributed by atoms with van der Waals surface area (Å²) in [4.78, 5) is 11.2. The second kappa shape index (κ2) is 6.67. The number of carbonyl (C=O) groups excluding carboxylic acids is 1. The number of hydrogen-bond donors (Lipinski definition) is 3. The molecule has 0 atom stereocenters. The summed E-state index contributed by atoms with van der Waals surface area (Å²) in [5, 5.41) is 9.47. The molecule has 0 fully saturated rings. The van der Waals surface area contributed by atoms with Crippen LogP contribution in [-0.4, -0.2) is 46.2 Å². The molecule has 0 saturated heterocycles. The Morgan fingerprint density at radius 3 is 2.33 bits per heavy atom. The largest absolute Gasteiger partial charge is 0.354 e. The van der Waals surface area contributed by atoms with Crippen LogP contribution >= 0.6 is 0 Å². The average Bonchev–Trinajstić information content (AvgIpc) is 3.03. The highest BCUT2D eigenvalue weighted by Crippen LogP contribution is 2.26. The number of rotatable bonds is 5. The third kappa shape index (κ3) is 3.64. The van der Waals surface area contributed by atoms with E-state index in [4.69, 9.17) is 0 Å². The van der Waals surface area contributed by atoms with E-state index in [0.29, 0.717) is 10.9 Å². The molecule has 3 rings (SSSR count). The molecule has 0 aliphatic rings. The van der Waals surface area contributed by atoms with Crippen molar-refractivity contribution in [2.45, 2.75) is 9.79 Å². The van der Waals surface area contributed by atoms with Gasteiger partial charge in [-0.1, -0.05) is 12.1 Å². The Hall–Kier alpha value is -2.92. The maximum absolute atomic E-state index is 12.7. The van der Waals surface area contributed by atoms with Gasteiger partial charge in [0.05, 0.1) is 10.4 Å². The van der Waals surface area contributed by atoms with E-state index >= 15 is 0 Å². The van der Waals surface area contributed by atoms with Gasteiger partial charge in [0.1, 0.15) is 4.90 Å². The van der Waals surface area contributed by atoms with E-state index in [-0.39, 0.29) is 21.2 Å². The molecular formula is C16H16N4O5S2. The minimum Gasteiger partial charge on any atom is -0.354 e. The predicted octanol–water partition coefficient (Wildman–Crippen LogP) is 1.13. The van der Waals surface area contributed by atoms with Crippen LogP contribution in [0.3, 0.4) is 0 Å². The Morgan fingerprint density at radius 2 is 1.70 bits per heavy atom. The quantitative estimate of drug-likeness (QED) is 0.578. The number of aromatic amines is 1. The van der Waals surface area contributed by atoms with Gasteiger partial charge in [-0.15, -0.1) is 0 Å². The van der Waals surface area contributed by atoms with E-state index in [2.05, 4.69) is 20.2 Å². The summed E-state index contributed by atoms with van der Waals surface area (Å²) in [7, 11) is -6.47. The molecule has 0 radical (unpaired) electrons. The van der Waals surface area contributed by atoms with Gasteiger partial charge in [0.15, 0.2) is 15.5 Å². The summed E-state index contributed by atoms with van der Waals surface area (Å²) in [6.45, 7) is 0. The Morgan fingerprint density at radius 1 is 1.04 bits per heavy atom. The van der Waals surface area contributed by atoms with Gasteiger partial charge < -0.3 is 5.32 Å². The van der Waals surface area contributed by atoms with Crippen LogP contribution in [0.2, 0.25) is 0 Å². The van der Waals surface area contributed by atoms with Crippen molar-refractivity contribution in [3.8, 4) is 0 Å². The third-order valence-corrected chi connectivity index (χ3v) is 6.52. The first-order valence-electron chi connectivity index (χ1n) is 7.65. The molecule has 0 unspecified atom stereocenters. The maximum atomic E-state index is 12.7. The molecule has 2 aromatic carbocycles. The highest BCUT2D eigenvalue weighted by molar-refractivity contribution is 7.95. The van der Waals surface area contributed by atoms with Gasteiger partial charge in [-0.2, -0.15) is 5.10 Å². The van der Waals surface area contributed by atoms with Crippen molar-refractivity contribution in [2.24, 2.45) is 0 Å². The first kappa shape index (κ1) is 18.9. The number of H-pyrrole nitrogens is 1. The average molecular weight is 408 g/mol. The van der Waals surface area contributed by atoms with Gasteiger partial charge in [-0.3, -0.25) is 14.6 Å². The lowest BCUT2D eigenvalue weighted by atomic mass is 10.2. The summed E-state index contributed by atoms with van der Waals surface area (Å²) in [6, 6.07) is 9.82. The van der Waals surface area contributed by atoms with Crippen LogP contribution < -0.4 is 10.0 Å². The van der Waals surface area contributed by atoms with E-state index in [0.717, 1.165) is 6.26 Å². The molecule has 1 aromatic heterocycles. The van der Waals surface area contributed by atoms with Crippen LogP contribution in [0.15, 0.2) is 52.3 Å². The highest BCUT2D eigenvalue weighted by atomic mass is 32.2. The van der Waals surface area contributed by atoms with Crippen molar-refractivity contribution in [3.63, 3.8) is 0 Å². The third-order valence-electron chi connectivity index (χ3n) is 3.80. The number of sulfonamides is 1. The zero-order chi connectivity index (χ0) is 19.8. The number of benzene rings is 2. The molecular weight excluding hydrogens is 392 g/mol. The Bertz CT molecular complexity index is 1250. The molecule has 0 aliphatic heterocycles. The van der Waals surface area contributed by atoms with Gasteiger partial charge in [-0.05, 0) is 30.3 Å². The van der Waals surface area contributed by atoms with Crippen molar-refractivity contribution >= 4 is 42.4 Å². The number of sulfone groups is 1. The number of carbonyl (C=O) groups is 1. The number of anilines is 1. The SMILES string of the molecule is CNC(=O)c1n[nH]c2ccc(NS(=O)(=O)c3ccccc3S(C)(=O)=O)cc12. The van der Waals surface area contributed by atoms with Crippen molar-refractivity contribution in [1.29, 1.82) is 0 Å². The number of nitrogens with one attached hydrogen (secondary N) is 3. The van der Waals surface area contributed by atoms with Crippen molar-refractivity contribution < 1.29 is 21.6 Å². The number of amides is 1. The minimum atomic E-state index is -4.18. The molecule has 3 aromatic rings. The molecule has 11 heteroatoms. The summed E-state index contributed by atoms with van der Waals surface area (Å²) in [5.74, 6) is -0.427. The lowest BCUT2D eigenvalue weighted by Crippen LogP contribution is -2.18. The second-order valence-electron chi connectivity index (χ2n) is 5.74. The fourth-order valence-corrected chi connectivity index (χ4v) is 5.24. The normalized spacial score (nSPS) is 12.1. The standard InChI is InChI=1S/C16H16N4O5S2/c1-17-16(21)15-11-9-10(7-8-12(11)18-19-15)20-27(24,25)14-6-4-3-5-13(14)26(2,22)23/h3-9,20H,1-2H3,(H,17,21)(H,18,19). The number of fused-ring (bicyclic) bond motifs is 1. The Balaban J connectivity index is 2.06. The second-order valence-corrected chi connectivity index (χ2v) is 9.37. The topological polar surface area (TPSA) is 138 Å². The molecule has 1 heterocycles. The molecule has 142 valence electrons. The fraction of sp³-hybridized carbons (Fsp3) is 0.125. The van der Waals surface area contributed by atoms with E-state index in [1.165, 1.54) is 43.4 Å². The number of nitrogens with zero attached hydrogens (tertiary/aromatic N) is 1. The lowest BCUT2D eigenvalue weighted by Gasteiger charge is -2.11. The Kier molecular flexibility index (Phi) is 4.66. The summed E-state index contributed by atoms with van der Waals surface area (Å²) in [5.41, 5.74) is 0.829. The summed E-state index contributed by atoms with van der Waals surface area (Å²) < 4.78 is 51.6. The van der Waals surface area contributed by atoms with Gasteiger partial charge in [0.2, 0.25) is 0 Å². The van der Waals surface area contributed by atoms with E-state index in [1.54, 1.807) is 6.07 Å². The van der Waals surface area contributed by atoms with E-state index < -0.39 is 25.8 Å². The first-order valence-corrected chi connectivity index (χ1v) is 11.0. The van der Waals surface area contributed by atoms with Crippen molar-refractivity contribution in [1.82, 2.24) is 15.5 Å². The minimum absolute atomic E-state index is 0.116. The smallest absolute Gasteiger partial charge is 0.272 e. The fourth-order valence-electron chi connectivity index (χ4n) is 2.56. The molecule has 3 N–H and O–H groups in total. The highest BCUT2D eigenvalue weighted by Gasteiger charge is 2.24. The van der Waals surface area contributed by atoms with Crippen LogP contribution in [0.1, 0.15) is 10.5 Å². The zero-order valence-corrected chi connectivity index (χ0v) is 16.0. The molecule has 27 heavy (non-hydrogen) atoms. The van der Waals surface area contributed by atoms with Crippen LogP contribution in [-0.2, 0) is 19.9 Å². The van der Waals surface area contributed by atoms with Gasteiger partial charge in [0, 0.05) is 24.4 Å². The number of aromatic nitrogens is 2. The predicted molar refractivity (Wildman–Crippen MR) is 99.8 cm³/mol. The molecule has 9 nitrogen and oxygen atoms in total. The maximum Gasteiger partial charge on any atom is 0.272 e. The van der Waals surface area contributed by atoms with Crippen LogP contribution in [0.4, 0.5) is 5.69 Å². The van der Waals surface area contributed by atoms with Gasteiger partial charge in [-0.25, -0.2) is 16.8 Å². The number of hydrogen-bond acceptors (Lipinski definition) is 6. The summed E-state index contributed by atoms with van der Waals surface area (Å²) in [6.07, 6.45) is 0.939.